The van der Waals surface area contributed by atoms with Crippen molar-refractivity contribution >= 4 is 6.03 Å². The van der Waals surface area contributed by atoms with Gasteiger partial charge in [-0.2, -0.15) is 0 Å². The summed E-state index contributed by atoms with van der Waals surface area (Å²) >= 11 is 0. The predicted octanol–water partition coefficient (Wildman–Crippen LogP) is 0.437. The summed E-state index contributed by atoms with van der Waals surface area (Å²) in [6.07, 6.45) is 0. The first kappa shape index (κ1) is 9.32. The zero-order chi connectivity index (χ0) is 9.19. The lowest BCUT2D eigenvalue weighted by Gasteiger charge is -2.33. The predicted molar refractivity (Wildman–Crippen MR) is 46.1 cm³/mol. The highest BCUT2D eigenvalue weighted by Crippen LogP contribution is 2.16. The van der Waals surface area contributed by atoms with Gasteiger partial charge in [-0.1, -0.05) is 0 Å². The number of rotatable bonds is 3. The molecule has 1 heterocycles. The Hall–Kier alpha value is -0.770. The third kappa shape index (κ3) is 1.69. The molecule has 4 nitrogen and oxygen atoms in total. The number of hydrogen-bond donors (Lipinski definition) is 1. The van der Waals surface area contributed by atoms with Gasteiger partial charge in [-0.25, -0.2) is 4.79 Å². The molecule has 1 fully saturated rings. The topological polar surface area (TPSA) is 41.6 Å². The molecule has 1 aliphatic heterocycles. The number of methoxy groups -OCH3 is 1. The Balaban J connectivity index is 2.60. The van der Waals surface area contributed by atoms with E-state index < -0.39 is 0 Å². The normalized spacial score (nSPS) is 18.2. The summed E-state index contributed by atoms with van der Waals surface area (Å²) in [7, 11) is 1.65. The monoisotopic (exact) mass is 172 g/mol. The van der Waals surface area contributed by atoms with Gasteiger partial charge < -0.3 is 15.0 Å². The summed E-state index contributed by atoms with van der Waals surface area (Å²) in [4.78, 5) is 13.1. The van der Waals surface area contributed by atoms with E-state index >= 15 is 0 Å². The highest BCUT2D eigenvalue weighted by molar-refractivity contribution is 5.77. The van der Waals surface area contributed by atoms with Crippen molar-refractivity contribution in [1.29, 1.82) is 0 Å². The van der Waals surface area contributed by atoms with Crippen LogP contribution in [0.1, 0.15) is 13.8 Å². The summed E-state index contributed by atoms with van der Waals surface area (Å²) in [5.41, 5.74) is -0.199. The van der Waals surface area contributed by atoms with Gasteiger partial charge >= 0.3 is 6.03 Å². The molecule has 0 spiro atoms. The van der Waals surface area contributed by atoms with Gasteiger partial charge in [-0.05, 0) is 13.8 Å². The SMILES string of the molecule is COCC(C)(C)N1CCNC1=O. The second-order valence-electron chi connectivity index (χ2n) is 3.63. The van der Waals surface area contributed by atoms with Crippen LogP contribution in [-0.2, 0) is 4.74 Å². The Bertz CT molecular complexity index is 180. The minimum absolute atomic E-state index is 0.0112. The minimum Gasteiger partial charge on any atom is -0.382 e. The fraction of sp³-hybridized carbons (Fsp3) is 0.875. The standard InChI is InChI=1S/C8H16N2O2/c1-8(2,6-12-3)10-5-4-9-7(10)11/h4-6H2,1-3H3,(H,9,11). The number of urea groups is 1. The first-order valence-corrected chi connectivity index (χ1v) is 4.12. The number of carbonyl (C=O) groups is 1. The highest BCUT2D eigenvalue weighted by Gasteiger charge is 2.33. The van der Waals surface area contributed by atoms with Gasteiger partial charge in [0.05, 0.1) is 12.1 Å². The molecule has 70 valence electrons. The third-order valence-electron chi connectivity index (χ3n) is 2.09. The molecule has 0 bridgehead atoms. The Labute approximate surface area is 72.9 Å². The molecule has 4 heteroatoms. The number of carbonyl (C=O) groups excluding carboxylic acids is 1. The van der Waals surface area contributed by atoms with E-state index in [0.29, 0.717) is 6.61 Å². The van der Waals surface area contributed by atoms with Gasteiger partial charge in [0.25, 0.3) is 0 Å². The molecular weight excluding hydrogens is 156 g/mol. The Morgan fingerprint density at radius 3 is 2.75 bits per heavy atom. The molecule has 0 aromatic heterocycles. The van der Waals surface area contributed by atoms with E-state index in [4.69, 9.17) is 4.74 Å². The van der Waals surface area contributed by atoms with Crippen molar-refractivity contribution in [3.63, 3.8) is 0 Å². The van der Waals surface area contributed by atoms with E-state index in [9.17, 15) is 4.79 Å². The summed E-state index contributed by atoms with van der Waals surface area (Å²) < 4.78 is 5.05. The van der Waals surface area contributed by atoms with Crippen molar-refractivity contribution in [2.45, 2.75) is 19.4 Å². The van der Waals surface area contributed by atoms with Crippen LogP contribution in [0.4, 0.5) is 4.79 Å². The van der Waals surface area contributed by atoms with Gasteiger partial charge in [0.2, 0.25) is 0 Å². The van der Waals surface area contributed by atoms with Gasteiger partial charge in [-0.3, -0.25) is 0 Å². The second-order valence-corrected chi connectivity index (χ2v) is 3.63. The molecule has 0 saturated carbocycles. The number of nitrogens with one attached hydrogen (secondary N) is 1. The van der Waals surface area contributed by atoms with Crippen LogP contribution in [0.2, 0.25) is 0 Å². The van der Waals surface area contributed by atoms with Crippen molar-refractivity contribution in [1.82, 2.24) is 10.2 Å². The smallest absolute Gasteiger partial charge is 0.318 e. The largest absolute Gasteiger partial charge is 0.382 e. The van der Waals surface area contributed by atoms with Crippen LogP contribution in [0.25, 0.3) is 0 Å². The van der Waals surface area contributed by atoms with Crippen molar-refractivity contribution in [2.75, 3.05) is 26.8 Å². The van der Waals surface area contributed by atoms with Crippen LogP contribution in [0.15, 0.2) is 0 Å². The zero-order valence-corrected chi connectivity index (χ0v) is 7.89. The quantitative estimate of drug-likeness (QED) is 0.671. The maximum Gasteiger partial charge on any atom is 0.318 e. The van der Waals surface area contributed by atoms with Gasteiger partial charge in [0.15, 0.2) is 0 Å². The van der Waals surface area contributed by atoms with Crippen molar-refractivity contribution in [2.24, 2.45) is 0 Å². The summed E-state index contributed by atoms with van der Waals surface area (Å²) in [5, 5.41) is 2.77. The van der Waals surface area contributed by atoms with Crippen LogP contribution in [-0.4, -0.2) is 43.3 Å². The molecule has 0 aromatic rings. The lowest BCUT2D eigenvalue weighted by molar-refractivity contribution is 0.0671. The Morgan fingerprint density at radius 1 is 1.67 bits per heavy atom. The van der Waals surface area contributed by atoms with E-state index in [1.165, 1.54) is 0 Å². The van der Waals surface area contributed by atoms with E-state index in [2.05, 4.69) is 5.32 Å². The van der Waals surface area contributed by atoms with Crippen LogP contribution in [0.5, 0.6) is 0 Å². The molecule has 0 radical (unpaired) electrons. The summed E-state index contributed by atoms with van der Waals surface area (Å²) in [6, 6.07) is 0.0112. The molecular formula is C8H16N2O2. The fourth-order valence-corrected chi connectivity index (χ4v) is 1.48. The summed E-state index contributed by atoms with van der Waals surface area (Å²) in [6.45, 7) is 6.09. The Morgan fingerprint density at radius 2 is 2.33 bits per heavy atom. The van der Waals surface area contributed by atoms with E-state index in [-0.39, 0.29) is 11.6 Å². The molecule has 12 heavy (non-hydrogen) atoms. The van der Waals surface area contributed by atoms with Crippen molar-refractivity contribution in [3.8, 4) is 0 Å². The lowest BCUT2D eigenvalue weighted by atomic mass is 10.1. The third-order valence-corrected chi connectivity index (χ3v) is 2.09. The minimum atomic E-state index is -0.199. The number of ether oxygens (including phenoxy) is 1. The van der Waals surface area contributed by atoms with Crippen LogP contribution >= 0.6 is 0 Å². The first-order chi connectivity index (χ1) is 5.58. The Kier molecular flexibility index (Phi) is 2.57. The molecule has 1 saturated heterocycles. The second kappa shape index (κ2) is 3.31. The number of nitrogens with zero attached hydrogens (tertiary/aromatic N) is 1. The maximum atomic E-state index is 11.3. The molecule has 2 amide bonds. The van der Waals surface area contributed by atoms with E-state index in [0.717, 1.165) is 13.1 Å². The van der Waals surface area contributed by atoms with Gasteiger partial charge in [0, 0.05) is 20.2 Å². The summed E-state index contributed by atoms with van der Waals surface area (Å²) in [5.74, 6) is 0. The first-order valence-electron chi connectivity index (χ1n) is 4.12. The fourth-order valence-electron chi connectivity index (χ4n) is 1.48. The van der Waals surface area contributed by atoms with Crippen LogP contribution in [0.3, 0.4) is 0 Å². The van der Waals surface area contributed by atoms with Gasteiger partial charge in [-0.15, -0.1) is 0 Å². The van der Waals surface area contributed by atoms with Crippen molar-refractivity contribution in [3.05, 3.63) is 0 Å². The average molecular weight is 172 g/mol. The molecule has 0 aliphatic carbocycles. The number of hydrogen-bond acceptors (Lipinski definition) is 2. The zero-order valence-electron chi connectivity index (χ0n) is 7.89. The highest BCUT2D eigenvalue weighted by atomic mass is 16.5. The molecule has 0 unspecified atom stereocenters. The molecule has 0 atom stereocenters. The molecule has 0 aromatic carbocycles. The van der Waals surface area contributed by atoms with Crippen molar-refractivity contribution < 1.29 is 9.53 Å². The van der Waals surface area contributed by atoms with Gasteiger partial charge in [0.1, 0.15) is 0 Å². The molecule has 1 N–H and O–H groups in total. The van der Waals surface area contributed by atoms with E-state index in [1.54, 1.807) is 12.0 Å². The van der Waals surface area contributed by atoms with E-state index in [1.807, 2.05) is 13.8 Å². The van der Waals surface area contributed by atoms with Crippen LogP contribution < -0.4 is 5.32 Å². The lowest BCUT2D eigenvalue weighted by Crippen LogP contribution is -2.48. The molecule has 1 aliphatic rings. The maximum absolute atomic E-state index is 11.3. The molecule has 1 rings (SSSR count). The number of amides is 2. The van der Waals surface area contributed by atoms with Crippen LogP contribution in [0, 0.1) is 0 Å². The average Bonchev–Trinajstić information content (AvgIpc) is 2.35.